The van der Waals surface area contributed by atoms with E-state index in [4.69, 9.17) is 4.52 Å². The molecule has 0 saturated carbocycles. The average Bonchev–Trinajstić information content (AvgIpc) is 2.63. The smallest absolute Gasteiger partial charge is 0.160 e. The molecule has 0 unspecified atom stereocenters. The molecule has 2 rings (SSSR count). The van der Waals surface area contributed by atoms with E-state index in [0.29, 0.717) is 11.5 Å². The van der Waals surface area contributed by atoms with E-state index in [1.807, 2.05) is 18.2 Å². The van der Waals surface area contributed by atoms with Crippen molar-refractivity contribution in [2.45, 2.75) is 18.4 Å². The van der Waals surface area contributed by atoms with Crippen molar-refractivity contribution in [3.8, 4) is 0 Å². The van der Waals surface area contributed by atoms with Crippen LogP contribution in [0.3, 0.4) is 0 Å². The fourth-order valence-corrected chi connectivity index (χ4v) is 2.98. The van der Waals surface area contributed by atoms with Crippen molar-refractivity contribution in [1.29, 1.82) is 0 Å². The normalized spacial score (nSPS) is 11.6. The fourth-order valence-electron chi connectivity index (χ4n) is 1.59. The van der Waals surface area contributed by atoms with Crippen molar-refractivity contribution in [3.63, 3.8) is 0 Å². The lowest BCUT2D eigenvalue weighted by molar-refractivity contribution is 0.392. The highest BCUT2D eigenvalue weighted by Crippen LogP contribution is 2.12. The van der Waals surface area contributed by atoms with Gasteiger partial charge in [0.1, 0.15) is 5.76 Å². The van der Waals surface area contributed by atoms with E-state index >= 15 is 0 Å². The van der Waals surface area contributed by atoms with Crippen LogP contribution in [0, 0.1) is 6.92 Å². The first-order valence-corrected chi connectivity index (χ1v) is 7.04. The molecule has 1 heterocycles. The summed E-state index contributed by atoms with van der Waals surface area (Å²) < 4.78 is 28.6. The molecule has 0 saturated heterocycles. The summed E-state index contributed by atoms with van der Waals surface area (Å²) in [5.74, 6) is 0.564. The number of nitrogens with zero attached hydrogens (tertiary/aromatic N) is 1. The molecule has 17 heavy (non-hydrogen) atoms. The number of aromatic nitrogens is 1. The first-order chi connectivity index (χ1) is 8.05. The maximum Gasteiger partial charge on any atom is 0.160 e. The lowest BCUT2D eigenvalue weighted by Crippen LogP contribution is -2.07. The topological polar surface area (TPSA) is 60.2 Å². The highest BCUT2D eigenvalue weighted by Gasteiger charge is 2.15. The Morgan fingerprint density at radius 1 is 1.18 bits per heavy atom. The van der Waals surface area contributed by atoms with Gasteiger partial charge in [0.25, 0.3) is 0 Å². The van der Waals surface area contributed by atoms with E-state index in [2.05, 4.69) is 5.16 Å². The Hall–Kier alpha value is -1.62. The van der Waals surface area contributed by atoms with E-state index in [-0.39, 0.29) is 11.5 Å². The van der Waals surface area contributed by atoms with Crippen molar-refractivity contribution < 1.29 is 12.9 Å². The largest absolute Gasteiger partial charge is 0.361 e. The molecule has 2 aromatic rings. The van der Waals surface area contributed by atoms with Gasteiger partial charge in [0.2, 0.25) is 0 Å². The molecule has 0 bridgehead atoms. The van der Waals surface area contributed by atoms with E-state index in [0.717, 1.165) is 5.56 Å². The van der Waals surface area contributed by atoms with Crippen LogP contribution >= 0.6 is 0 Å². The number of sulfone groups is 1. The van der Waals surface area contributed by atoms with Crippen LogP contribution in [0.4, 0.5) is 0 Å². The van der Waals surface area contributed by atoms with Gasteiger partial charge in [-0.05, 0) is 12.5 Å². The SMILES string of the molecule is Cc1cc(CS(=O)(=O)Cc2ccccc2)no1. The van der Waals surface area contributed by atoms with Gasteiger partial charge in [-0.2, -0.15) is 0 Å². The summed E-state index contributed by atoms with van der Waals surface area (Å²) in [7, 11) is -3.20. The Labute approximate surface area is 100 Å². The number of hydrogen-bond acceptors (Lipinski definition) is 4. The zero-order chi connectivity index (χ0) is 12.3. The van der Waals surface area contributed by atoms with Crippen molar-refractivity contribution in [1.82, 2.24) is 5.16 Å². The Bertz CT molecular complexity index is 587. The van der Waals surface area contributed by atoms with E-state index < -0.39 is 9.84 Å². The summed E-state index contributed by atoms with van der Waals surface area (Å²) in [6, 6.07) is 10.7. The maximum atomic E-state index is 11.9. The van der Waals surface area contributed by atoms with Crippen molar-refractivity contribution in [2.24, 2.45) is 0 Å². The summed E-state index contributed by atoms with van der Waals surface area (Å²) in [6.45, 7) is 1.74. The minimum Gasteiger partial charge on any atom is -0.361 e. The van der Waals surface area contributed by atoms with Crippen LogP contribution in [0.25, 0.3) is 0 Å². The third kappa shape index (κ3) is 3.42. The quantitative estimate of drug-likeness (QED) is 0.835. The Morgan fingerprint density at radius 3 is 2.47 bits per heavy atom. The molecule has 0 spiro atoms. The van der Waals surface area contributed by atoms with Gasteiger partial charge in [0.15, 0.2) is 9.84 Å². The van der Waals surface area contributed by atoms with Crippen LogP contribution < -0.4 is 0 Å². The second-order valence-electron chi connectivity index (χ2n) is 3.95. The molecular weight excluding hydrogens is 238 g/mol. The summed E-state index contributed by atoms with van der Waals surface area (Å²) in [5, 5.41) is 3.69. The Balaban J connectivity index is 2.10. The lowest BCUT2D eigenvalue weighted by atomic mass is 10.2. The predicted octanol–water partition coefficient (Wildman–Crippen LogP) is 2.10. The van der Waals surface area contributed by atoms with Crippen LogP contribution in [-0.2, 0) is 21.3 Å². The minimum absolute atomic E-state index is 0.0275. The molecule has 90 valence electrons. The van der Waals surface area contributed by atoms with E-state index in [9.17, 15) is 8.42 Å². The monoisotopic (exact) mass is 251 g/mol. The molecule has 0 amide bonds. The highest BCUT2D eigenvalue weighted by atomic mass is 32.2. The summed E-state index contributed by atoms with van der Waals surface area (Å²) >= 11 is 0. The fraction of sp³-hybridized carbons (Fsp3) is 0.250. The molecule has 1 aromatic carbocycles. The number of rotatable bonds is 4. The minimum atomic E-state index is -3.20. The average molecular weight is 251 g/mol. The summed E-state index contributed by atoms with van der Waals surface area (Å²) in [5.41, 5.74) is 1.24. The second-order valence-corrected chi connectivity index (χ2v) is 6.01. The molecular formula is C12H13NO3S. The van der Waals surface area contributed by atoms with Crippen LogP contribution in [0.2, 0.25) is 0 Å². The Kier molecular flexibility index (Phi) is 3.28. The van der Waals surface area contributed by atoms with Gasteiger partial charge in [-0.15, -0.1) is 0 Å². The van der Waals surface area contributed by atoms with Crippen molar-refractivity contribution in [3.05, 3.63) is 53.4 Å². The summed E-state index contributed by atoms with van der Waals surface area (Å²) in [4.78, 5) is 0. The van der Waals surface area contributed by atoms with Gasteiger partial charge in [-0.1, -0.05) is 35.5 Å². The molecule has 0 N–H and O–H groups in total. The number of aryl methyl sites for hydroxylation is 1. The molecule has 0 aliphatic rings. The van der Waals surface area contributed by atoms with Crippen molar-refractivity contribution in [2.75, 3.05) is 0 Å². The third-order valence-corrected chi connectivity index (χ3v) is 3.78. The highest BCUT2D eigenvalue weighted by molar-refractivity contribution is 7.89. The lowest BCUT2D eigenvalue weighted by Gasteiger charge is -2.01. The molecule has 0 aliphatic carbocycles. The van der Waals surface area contributed by atoms with Crippen LogP contribution in [0.15, 0.2) is 40.9 Å². The van der Waals surface area contributed by atoms with E-state index in [1.54, 1.807) is 25.1 Å². The second kappa shape index (κ2) is 4.71. The van der Waals surface area contributed by atoms with Gasteiger partial charge in [-0.3, -0.25) is 0 Å². The molecule has 0 atom stereocenters. The first-order valence-electron chi connectivity index (χ1n) is 5.22. The van der Waals surface area contributed by atoms with Gasteiger partial charge in [-0.25, -0.2) is 8.42 Å². The van der Waals surface area contributed by atoms with Gasteiger partial charge < -0.3 is 4.52 Å². The standard InChI is InChI=1S/C12H13NO3S/c1-10-7-12(13-16-10)9-17(14,15)8-11-5-3-2-4-6-11/h2-7H,8-9H2,1H3. The van der Waals surface area contributed by atoms with Crippen LogP contribution in [0.1, 0.15) is 17.0 Å². The van der Waals surface area contributed by atoms with Crippen molar-refractivity contribution >= 4 is 9.84 Å². The summed E-state index contributed by atoms with van der Waals surface area (Å²) in [6.07, 6.45) is 0. The molecule has 0 aliphatic heterocycles. The number of hydrogen-bond donors (Lipinski definition) is 0. The first kappa shape index (κ1) is 11.9. The molecule has 5 heteroatoms. The zero-order valence-electron chi connectivity index (χ0n) is 9.46. The predicted molar refractivity (Wildman–Crippen MR) is 64.0 cm³/mol. The van der Waals surface area contributed by atoms with Gasteiger partial charge >= 0.3 is 0 Å². The van der Waals surface area contributed by atoms with Gasteiger partial charge in [0.05, 0.1) is 17.2 Å². The van der Waals surface area contributed by atoms with E-state index in [1.165, 1.54) is 0 Å². The third-order valence-electron chi connectivity index (χ3n) is 2.27. The molecule has 0 fully saturated rings. The zero-order valence-corrected chi connectivity index (χ0v) is 10.3. The maximum absolute atomic E-state index is 11.9. The molecule has 0 radical (unpaired) electrons. The number of benzene rings is 1. The van der Waals surface area contributed by atoms with Crippen LogP contribution in [-0.4, -0.2) is 13.6 Å². The molecule has 4 nitrogen and oxygen atoms in total. The molecule has 1 aromatic heterocycles. The van der Waals surface area contributed by atoms with Gasteiger partial charge in [0, 0.05) is 6.07 Å². The Morgan fingerprint density at radius 2 is 1.88 bits per heavy atom. The van der Waals surface area contributed by atoms with Crippen LogP contribution in [0.5, 0.6) is 0 Å².